The standard InChI is InChI=1S/C20H22ClN5O.ClH/c1-12(2)18(14-4-3-5-15(21)10-14)20(27)23-16-8-6-13(7-9-16)19-24-17(11-22)25-26-19;/h3-10,12,18H,11,22H2,1-2H3,(H,23,27)(H,24,25,26);1H. The van der Waals surface area contributed by atoms with Crippen LogP contribution in [0.4, 0.5) is 5.69 Å². The number of nitrogens with two attached hydrogens (primary N) is 1. The van der Waals surface area contributed by atoms with Crippen LogP contribution in [0.15, 0.2) is 48.5 Å². The Hall–Kier alpha value is -2.41. The molecule has 0 bridgehead atoms. The number of nitrogens with one attached hydrogen (secondary N) is 2. The van der Waals surface area contributed by atoms with E-state index in [1.807, 2.05) is 56.3 Å². The highest BCUT2D eigenvalue weighted by molar-refractivity contribution is 6.30. The van der Waals surface area contributed by atoms with Gasteiger partial charge in [-0.1, -0.05) is 37.6 Å². The van der Waals surface area contributed by atoms with E-state index in [4.69, 9.17) is 17.3 Å². The smallest absolute Gasteiger partial charge is 0.232 e. The minimum atomic E-state index is -0.288. The lowest BCUT2D eigenvalue weighted by atomic mass is 9.87. The number of amides is 1. The molecule has 0 radical (unpaired) electrons. The lowest BCUT2D eigenvalue weighted by molar-refractivity contribution is -0.118. The van der Waals surface area contributed by atoms with Gasteiger partial charge in [-0.2, -0.15) is 5.10 Å². The van der Waals surface area contributed by atoms with E-state index in [0.29, 0.717) is 28.9 Å². The van der Waals surface area contributed by atoms with Crippen molar-refractivity contribution in [2.75, 3.05) is 5.32 Å². The molecule has 0 spiro atoms. The Balaban J connectivity index is 0.00000280. The van der Waals surface area contributed by atoms with Crippen LogP contribution < -0.4 is 11.1 Å². The molecule has 148 valence electrons. The van der Waals surface area contributed by atoms with Gasteiger partial charge in [0.05, 0.1) is 12.5 Å². The summed E-state index contributed by atoms with van der Waals surface area (Å²) in [6.45, 7) is 4.35. The van der Waals surface area contributed by atoms with Gasteiger partial charge in [0.15, 0.2) is 5.82 Å². The Bertz CT molecular complexity index is 924. The van der Waals surface area contributed by atoms with Crippen LogP contribution in [0, 0.1) is 5.92 Å². The topological polar surface area (TPSA) is 96.7 Å². The first-order valence-corrected chi connectivity index (χ1v) is 9.14. The van der Waals surface area contributed by atoms with Crippen LogP contribution in [0.2, 0.25) is 5.02 Å². The molecule has 3 rings (SSSR count). The molecular weight excluding hydrogens is 397 g/mol. The molecule has 1 unspecified atom stereocenters. The van der Waals surface area contributed by atoms with E-state index in [1.165, 1.54) is 0 Å². The Kier molecular flexibility index (Phi) is 7.57. The molecular formula is C20H23Cl2N5O. The molecule has 28 heavy (non-hydrogen) atoms. The molecule has 0 saturated carbocycles. The number of nitrogens with zero attached hydrogens (tertiary/aromatic N) is 2. The predicted molar refractivity (Wildman–Crippen MR) is 115 cm³/mol. The van der Waals surface area contributed by atoms with Gasteiger partial charge in [-0.15, -0.1) is 12.4 Å². The zero-order valence-electron chi connectivity index (χ0n) is 15.6. The summed E-state index contributed by atoms with van der Waals surface area (Å²) in [5.41, 5.74) is 8.01. The molecule has 3 aromatic rings. The summed E-state index contributed by atoms with van der Waals surface area (Å²) in [7, 11) is 0. The van der Waals surface area contributed by atoms with Gasteiger partial charge in [-0.3, -0.25) is 9.89 Å². The lowest BCUT2D eigenvalue weighted by Gasteiger charge is -2.21. The van der Waals surface area contributed by atoms with E-state index >= 15 is 0 Å². The number of halogens is 2. The normalized spacial score (nSPS) is 11.8. The highest BCUT2D eigenvalue weighted by Crippen LogP contribution is 2.28. The van der Waals surface area contributed by atoms with Gasteiger partial charge in [-0.25, -0.2) is 4.98 Å². The fourth-order valence-electron chi connectivity index (χ4n) is 2.98. The van der Waals surface area contributed by atoms with Crippen LogP contribution in [0.3, 0.4) is 0 Å². The molecule has 8 heteroatoms. The van der Waals surface area contributed by atoms with Gasteiger partial charge in [0.2, 0.25) is 5.91 Å². The maximum absolute atomic E-state index is 12.9. The highest BCUT2D eigenvalue weighted by Gasteiger charge is 2.24. The largest absolute Gasteiger partial charge is 0.326 e. The Morgan fingerprint density at radius 2 is 1.93 bits per heavy atom. The van der Waals surface area contributed by atoms with Crippen LogP contribution in [-0.2, 0) is 11.3 Å². The van der Waals surface area contributed by atoms with Crippen molar-refractivity contribution in [2.24, 2.45) is 11.7 Å². The third kappa shape index (κ3) is 5.10. The van der Waals surface area contributed by atoms with Gasteiger partial charge in [0.25, 0.3) is 0 Å². The molecule has 1 amide bonds. The number of hydrogen-bond donors (Lipinski definition) is 3. The van der Waals surface area contributed by atoms with Gasteiger partial charge < -0.3 is 11.1 Å². The van der Waals surface area contributed by atoms with E-state index in [1.54, 1.807) is 6.07 Å². The van der Waals surface area contributed by atoms with Crippen molar-refractivity contribution in [1.29, 1.82) is 0 Å². The summed E-state index contributed by atoms with van der Waals surface area (Å²) in [5.74, 6) is 0.980. The average Bonchev–Trinajstić information content (AvgIpc) is 3.11. The second kappa shape index (κ2) is 9.68. The van der Waals surface area contributed by atoms with Crippen molar-refractivity contribution < 1.29 is 4.79 Å². The Morgan fingerprint density at radius 3 is 2.50 bits per heavy atom. The molecule has 1 aromatic heterocycles. The molecule has 0 aliphatic carbocycles. The maximum Gasteiger partial charge on any atom is 0.232 e. The first-order valence-electron chi connectivity index (χ1n) is 8.76. The molecule has 1 heterocycles. The fourth-order valence-corrected chi connectivity index (χ4v) is 3.18. The van der Waals surface area contributed by atoms with Crippen LogP contribution in [0.5, 0.6) is 0 Å². The van der Waals surface area contributed by atoms with Gasteiger partial charge >= 0.3 is 0 Å². The van der Waals surface area contributed by atoms with Crippen LogP contribution in [0.1, 0.15) is 31.2 Å². The Morgan fingerprint density at radius 1 is 1.21 bits per heavy atom. The van der Waals surface area contributed by atoms with Crippen LogP contribution in [0.25, 0.3) is 11.4 Å². The molecule has 0 saturated heterocycles. The highest BCUT2D eigenvalue weighted by atomic mass is 35.5. The van der Waals surface area contributed by atoms with Crippen LogP contribution in [-0.4, -0.2) is 21.1 Å². The molecule has 0 aliphatic rings. The number of H-pyrrole nitrogens is 1. The lowest BCUT2D eigenvalue weighted by Crippen LogP contribution is -2.25. The van der Waals surface area contributed by atoms with Crippen molar-refractivity contribution in [2.45, 2.75) is 26.3 Å². The third-order valence-electron chi connectivity index (χ3n) is 4.29. The van der Waals surface area contributed by atoms with Crippen molar-refractivity contribution in [3.63, 3.8) is 0 Å². The number of benzene rings is 2. The van der Waals surface area contributed by atoms with E-state index in [2.05, 4.69) is 20.5 Å². The third-order valence-corrected chi connectivity index (χ3v) is 4.53. The molecule has 0 aliphatic heterocycles. The summed E-state index contributed by atoms with van der Waals surface area (Å²) in [6.07, 6.45) is 0. The first-order chi connectivity index (χ1) is 13.0. The van der Waals surface area contributed by atoms with E-state index in [0.717, 1.165) is 11.1 Å². The maximum atomic E-state index is 12.9. The second-order valence-electron chi connectivity index (χ2n) is 6.65. The quantitative estimate of drug-likeness (QED) is 0.551. The summed E-state index contributed by atoms with van der Waals surface area (Å²) in [4.78, 5) is 17.2. The predicted octanol–water partition coefficient (Wildman–Crippen LogP) is 4.38. The zero-order valence-corrected chi connectivity index (χ0v) is 17.2. The molecule has 6 nitrogen and oxygen atoms in total. The van der Waals surface area contributed by atoms with Crippen molar-refractivity contribution in [3.05, 3.63) is 64.9 Å². The second-order valence-corrected chi connectivity index (χ2v) is 7.09. The van der Waals surface area contributed by atoms with E-state index in [-0.39, 0.29) is 30.2 Å². The van der Waals surface area contributed by atoms with Gasteiger partial charge in [0, 0.05) is 16.3 Å². The molecule has 0 fully saturated rings. The van der Waals surface area contributed by atoms with Crippen molar-refractivity contribution in [1.82, 2.24) is 15.2 Å². The number of aromatic amines is 1. The molecule has 1 atom stereocenters. The molecule has 2 aromatic carbocycles. The van der Waals surface area contributed by atoms with Crippen molar-refractivity contribution in [3.8, 4) is 11.4 Å². The summed E-state index contributed by atoms with van der Waals surface area (Å²) < 4.78 is 0. The number of aromatic nitrogens is 3. The minimum absolute atomic E-state index is 0. The van der Waals surface area contributed by atoms with Crippen LogP contribution >= 0.6 is 24.0 Å². The number of carbonyl (C=O) groups excluding carboxylic acids is 1. The molecule has 4 N–H and O–H groups in total. The minimum Gasteiger partial charge on any atom is -0.326 e. The van der Waals surface area contributed by atoms with Gasteiger partial charge in [-0.05, 0) is 47.9 Å². The number of carbonyl (C=O) groups is 1. The Labute approximate surface area is 175 Å². The monoisotopic (exact) mass is 419 g/mol. The average molecular weight is 420 g/mol. The summed E-state index contributed by atoms with van der Waals surface area (Å²) >= 11 is 6.09. The summed E-state index contributed by atoms with van der Waals surface area (Å²) in [6, 6.07) is 14.8. The fraction of sp³-hybridized carbons (Fsp3) is 0.250. The number of anilines is 1. The zero-order chi connectivity index (χ0) is 19.4. The number of hydrogen-bond acceptors (Lipinski definition) is 4. The number of rotatable bonds is 6. The van der Waals surface area contributed by atoms with Gasteiger partial charge in [0.1, 0.15) is 5.82 Å². The van der Waals surface area contributed by atoms with Crippen molar-refractivity contribution >= 4 is 35.6 Å². The van der Waals surface area contributed by atoms with E-state index in [9.17, 15) is 4.79 Å². The summed E-state index contributed by atoms with van der Waals surface area (Å²) in [5, 5.41) is 10.5. The first kappa shape index (κ1) is 21.9. The van der Waals surface area contributed by atoms with E-state index < -0.39 is 0 Å². The SMILES string of the molecule is CC(C)C(C(=O)Nc1ccc(-c2n[nH]c(CN)n2)cc1)c1cccc(Cl)c1.Cl.